The van der Waals surface area contributed by atoms with Crippen molar-refractivity contribution in [1.82, 2.24) is 10.3 Å². The molecule has 0 radical (unpaired) electrons. The first-order chi connectivity index (χ1) is 16.1. The van der Waals surface area contributed by atoms with Gasteiger partial charge < -0.3 is 14.8 Å². The lowest BCUT2D eigenvalue weighted by Gasteiger charge is -2.22. The van der Waals surface area contributed by atoms with E-state index in [4.69, 9.17) is 9.47 Å². The van der Waals surface area contributed by atoms with Crippen LogP contribution in [-0.2, 0) is 11.2 Å². The number of carbonyl (C=O) groups excluding carboxylic acids is 2. The number of nitrogens with zero attached hydrogens (tertiary/aromatic N) is 1. The van der Waals surface area contributed by atoms with E-state index in [9.17, 15) is 9.59 Å². The highest BCUT2D eigenvalue weighted by Gasteiger charge is 2.34. The van der Waals surface area contributed by atoms with Crippen LogP contribution in [-0.4, -0.2) is 29.1 Å². The van der Waals surface area contributed by atoms with Crippen molar-refractivity contribution in [1.29, 1.82) is 0 Å². The van der Waals surface area contributed by atoms with Crippen molar-refractivity contribution in [3.63, 3.8) is 0 Å². The van der Waals surface area contributed by atoms with Gasteiger partial charge in [-0.1, -0.05) is 12.1 Å². The molecule has 8 heteroatoms. The lowest BCUT2D eigenvalue weighted by atomic mass is 9.94. The number of nitrogens with one attached hydrogen (secondary N) is 1. The third-order valence-corrected chi connectivity index (χ3v) is 5.61. The number of carbonyl (C=O) groups is 2. The van der Waals surface area contributed by atoms with E-state index >= 15 is 8.78 Å². The summed E-state index contributed by atoms with van der Waals surface area (Å²) in [6.45, 7) is 7.35. The molecule has 1 amide bonds. The number of pyridine rings is 1. The van der Waals surface area contributed by atoms with Gasteiger partial charge in [-0.3, -0.25) is 4.79 Å². The Labute approximate surface area is 196 Å². The number of rotatable bonds is 5. The average molecular weight is 469 g/mol. The van der Waals surface area contributed by atoms with Gasteiger partial charge in [0.15, 0.2) is 5.78 Å². The summed E-state index contributed by atoms with van der Waals surface area (Å²) in [5.41, 5.74) is -0.703. The topological polar surface area (TPSA) is 77.5 Å². The van der Waals surface area contributed by atoms with Crippen LogP contribution < -0.4 is 10.1 Å². The third kappa shape index (κ3) is 4.44. The zero-order chi connectivity index (χ0) is 24.6. The number of halogens is 2. The summed E-state index contributed by atoms with van der Waals surface area (Å²) in [5, 5.41) is 3.70. The highest BCUT2D eigenvalue weighted by Crippen LogP contribution is 2.37. The van der Waals surface area contributed by atoms with Crippen LogP contribution >= 0.6 is 0 Å². The number of benzene rings is 2. The largest absolute Gasteiger partial charge is 0.478 e. The van der Waals surface area contributed by atoms with Gasteiger partial charge in [0, 0.05) is 22.7 Å². The second kappa shape index (κ2) is 9.00. The van der Waals surface area contributed by atoms with Crippen LogP contribution in [0.1, 0.15) is 67.2 Å². The zero-order valence-corrected chi connectivity index (χ0v) is 19.5. The number of hydrogen-bond donors (Lipinski definition) is 1. The van der Waals surface area contributed by atoms with E-state index in [2.05, 4.69) is 10.3 Å². The van der Waals surface area contributed by atoms with Crippen LogP contribution in [0, 0.1) is 11.6 Å². The van der Waals surface area contributed by atoms with E-state index in [1.165, 1.54) is 18.3 Å². The Morgan fingerprint density at radius 1 is 1.18 bits per heavy atom. The molecule has 2 aromatic carbocycles. The van der Waals surface area contributed by atoms with Gasteiger partial charge in [0.25, 0.3) is 0 Å². The fraction of sp³-hybridized carbons (Fsp3) is 0.346. The molecule has 4 rings (SSSR count). The van der Waals surface area contributed by atoms with Crippen LogP contribution in [0.15, 0.2) is 36.5 Å². The molecule has 0 bridgehead atoms. The minimum absolute atomic E-state index is 0.118. The fourth-order valence-corrected chi connectivity index (χ4v) is 4.28. The molecule has 3 aromatic rings. The molecule has 1 N–H and O–H groups in total. The zero-order valence-electron chi connectivity index (χ0n) is 19.5. The van der Waals surface area contributed by atoms with Crippen LogP contribution in [0.3, 0.4) is 0 Å². The Morgan fingerprint density at radius 2 is 1.94 bits per heavy atom. The molecule has 0 spiro atoms. The standard InChI is InChI=1S/C26H26F2N2O4/c1-5-33-24-17-8-6-7-16(15(17)11-12-29-24)23(31)21-18(27)13-14-9-10-19(20(14)22(21)28)30-25(32)34-26(2,3)4/h6-8,11-13,19H,5,9-10H2,1-4H3,(H,30,32)/t19-/m0/s1. The molecule has 1 aliphatic rings. The molecular weight excluding hydrogens is 442 g/mol. The molecule has 34 heavy (non-hydrogen) atoms. The van der Waals surface area contributed by atoms with Crippen molar-refractivity contribution < 1.29 is 27.8 Å². The highest BCUT2D eigenvalue weighted by molar-refractivity contribution is 6.17. The Bertz CT molecular complexity index is 1280. The number of aromatic nitrogens is 1. The van der Waals surface area contributed by atoms with Gasteiger partial charge in [0.1, 0.15) is 17.2 Å². The van der Waals surface area contributed by atoms with E-state index in [1.54, 1.807) is 39.0 Å². The van der Waals surface area contributed by atoms with Gasteiger partial charge in [-0.2, -0.15) is 0 Å². The van der Waals surface area contributed by atoms with Crippen molar-refractivity contribution in [3.05, 3.63) is 70.4 Å². The van der Waals surface area contributed by atoms with Gasteiger partial charge in [-0.15, -0.1) is 0 Å². The summed E-state index contributed by atoms with van der Waals surface area (Å²) in [4.78, 5) is 29.9. The van der Waals surface area contributed by atoms with Gasteiger partial charge in [0.2, 0.25) is 5.88 Å². The van der Waals surface area contributed by atoms with Gasteiger partial charge >= 0.3 is 6.09 Å². The van der Waals surface area contributed by atoms with Crippen molar-refractivity contribution in [2.75, 3.05) is 6.61 Å². The Kier molecular flexibility index (Phi) is 6.25. The van der Waals surface area contributed by atoms with E-state index in [0.29, 0.717) is 41.7 Å². The first-order valence-electron chi connectivity index (χ1n) is 11.2. The summed E-state index contributed by atoms with van der Waals surface area (Å²) in [6, 6.07) is 6.94. The minimum Gasteiger partial charge on any atom is -0.478 e. The first kappa shape index (κ1) is 23.6. The van der Waals surface area contributed by atoms with Crippen molar-refractivity contribution >= 4 is 22.6 Å². The molecule has 1 aromatic heterocycles. The molecule has 0 fully saturated rings. The number of aryl methyl sites for hydroxylation is 1. The smallest absolute Gasteiger partial charge is 0.408 e. The second-order valence-electron chi connectivity index (χ2n) is 9.14. The van der Waals surface area contributed by atoms with E-state index in [1.807, 2.05) is 6.92 Å². The maximum atomic E-state index is 15.7. The van der Waals surface area contributed by atoms with Crippen LogP contribution in [0.2, 0.25) is 0 Å². The highest BCUT2D eigenvalue weighted by atomic mass is 19.1. The van der Waals surface area contributed by atoms with Gasteiger partial charge in [-0.05, 0) is 69.7 Å². The molecular formula is C26H26F2N2O4. The Balaban J connectivity index is 1.75. The summed E-state index contributed by atoms with van der Waals surface area (Å²) in [7, 11) is 0. The van der Waals surface area contributed by atoms with E-state index < -0.39 is 40.7 Å². The Morgan fingerprint density at radius 3 is 2.65 bits per heavy atom. The SMILES string of the molecule is CCOc1nccc2c(C(=O)c3c(F)cc4c(c3F)[C@@H](NC(=O)OC(C)(C)C)CC4)cccc12. The lowest BCUT2D eigenvalue weighted by Crippen LogP contribution is -2.34. The Hall–Kier alpha value is -3.55. The molecule has 0 aliphatic heterocycles. The molecule has 1 heterocycles. The number of hydrogen-bond acceptors (Lipinski definition) is 5. The predicted octanol–water partition coefficient (Wildman–Crippen LogP) is 5.65. The van der Waals surface area contributed by atoms with Crippen LogP contribution in [0.5, 0.6) is 5.88 Å². The van der Waals surface area contributed by atoms with Gasteiger partial charge in [0.05, 0.1) is 18.2 Å². The number of ether oxygens (including phenoxy) is 2. The number of alkyl carbamates (subject to hydrolysis) is 1. The molecule has 6 nitrogen and oxygen atoms in total. The quantitative estimate of drug-likeness (QED) is 0.490. The first-order valence-corrected chi connectivity index (χ1v) is 11.2. The normalized spacial score (nSPS) is 15.2. The number of fused-ring (bicyclic) bond motifs is 2. The van der Waals surface area contributed by atoms with Crippen LogP contribution in [0.4, 0.5) is 13.6 Å². The van der Waals surface area contributed by atoms with Crippen molar-refractivity contribution in [2.24, 2.45) is 0 Å². The number of amides is 1. The average Bonchev–Trinajstić information content (AvgIpc) is 3.14. The maximum Gasteiger partial charge on any atom is 0.408 e. The van der Waals surface area contributed by atoms with E-state index in [0.717, 1.165) is 0 Å². The summed E-state index contributed by atoms with van der Waals surface area (Å²) in [5.74, 6) is -2.35. The summed E-state index contributed by atoms with van der Waals surface area (Å²) in [6.07, 6.45) is 1.53. The summed E-state index contributed by atoms with van der Waals surface area (Å²) < 4.78 is 41.6. The van der Waals surface area contributed by atoms with Crippen molar-refractivity contribution in [3.8, 4) is 5.88 Å². The number of ketones is 1. The maximum absolute atomic E-state index is 15.7. The predicted molar refractivity (Wildman–Crippen MR) is 123 cm³/mol. The van der Waals surface area contributed by atoms with Crippen LogP contribution in [0.25, 0.3) is 10.8 Å². The fourth-order valence-electron chi connectivity index (χ4n) is 4.28. The van der Waals surface area contributed by atoms with E-state index in [-0.39, 0.29) is 11.1 Å². The molecule has 0 saturated carbocycles. The third-order valence-electron chi connectivity index (χ3n) is 5.61. The lowest BCUT2D eigenvalue weighted by molar-refractivity contribution is 0.0503. The van der Waals surface area contributed by atoms with Gasteiger partial charge in [-0.25, -0.2) is 18.6 Å². The molecule has 0 unspecified atom stereocenters. The second-order valence-corrected chi connectivity index (χ2v) is 9.14. The molecule has 1 aliphatic carbocycles. The van der Waals surface area contributed by atoms with Crippen molar-refractivity contribution in [2.45, 2.75) is 52.2 Å². The minimum atomic E-state index is -0.963. The monoisotopic (exact) mass is 468 g/mol. The molecule has 0 saturated heterocycles. The molecule has 178 valence electrons. The molecule has 1 atom stereocenters. The summed E-state index contributed by atoms with van der Waals surface area (Å²) >= 11 is 0.